The molecule has 1 saturated heterocycles. The molecule has 3 heterocycles. The normalized spacial score (nSPS) is 21.1. The molecular formula is C28H29F2N4NaO7S. The molecule has 0 radical (unpaired) electrons. The molecule has 43 heavy (non-hydrogen) atoms. The number of aromatic nitrogens is 1. The second kappa shape index (κ2) is 11.9. The molecule has 1 spiro atoms. The summed E-state index contributed by atoms with van der Waals surface area (Å²) in [6, 6.07) is 6.73. The topological polar surface area (TPSA) is 163 Å². The molecule has 1 unspecified atom stereocenters. The van der Waals surface area contributed by atoms with E-state index in [-0.39, 0.29) is 71.5 Å². The molecular weight excluding hydrogens is 597 g/mol. The maximum Gasteiger partial charge on any atom is 1.00 e. The molecule has 11 nitrogen and oxygen atoms in total. The number of aliphatic hydroxyl groups excluding tert-OH is 1. The molecule has 2 aliphatic heterocycles. The van der Waals surface area contributed by atoms with Gasteiger partial charge in [0.05, 0.1) is 17.0 Å². The standard InChI is InChI=1S/C28H30F2N4O7S.Na/c1-14(2)8-22(33(3)24(35)21-11-16-18(30)9-15(29)10-20(16)31-21)25(36)34-13-28(12-23(34)26(37)42(39,40)41)17-6-4-5-7-19(17)32-27(28)38;/h4-7,9-11,14,22-23,26,31,37H,8,12-13H2,1-3H3,(H,32,38)(H,39,40,41);/q;+1/p-1/t22-,23-,26?,28-;/m0./s1. The molecule has 224 valence electrons. The van der Waals surface area contributed by atoms with Crippen LogP contribution in [0.25, 0.3) is 10.9 Å². The van der Waals surface area contributed by atoms with Gasteiger partial charge in [0, 0.05) is 30.7 Å². The Balaban J connectivity index is 0.00000423. The second-order valence-electron chi connectivity index (χ2n) is 11.3. The number of aliphatic hydroxyl groups is 1. The Labute approximate surface area is 268 Å². The van der Waals surface area contributed by atoms with Crippen LogP contribution in [0.1, 0.15) is 42.7 Å². The van der Waals surface area contributed by atoms with Gasteiger partial charge in [-0.1, -0.05) is 32.0 Å². The van der Waals surface area contributed by atoms with Crippen LogP contribution < -0.4 is 34.9 Å². The first-order chi connectivity index (χ1) is 19.6. The van der Waals surface area contributed by atoms with Crippen molar-refractivity contribution in [3.8, 4) is 0 Å². The summed E-state index contributed by atoms with van der Waals surface area (Å²) in [5.41, 5.74) is -3.11. The van der Waals surface area contributed by atoms with Crippen LogP contribution in [0.15, 0.2) is 42.5 Å². The van der Waals surface area contributed by atoms with Crippen molar-refractivity contribution in [2.75, 3.05) is 18.9 Å². The van der Waals surface area contributed by atoms with E-state index in [4.69, 9.17) is 0 Å². The van der Waals surface area contributed by atoms with Crippen LogP contribution in [-0.2, 0) is 25.1 Å². The van der Waals surface area contributed by atoms with E-state index in [0.717, 1.165) is 15.9 Å². The van der Waals surface area contributed by atoms with Gasteiger partial charge in [0.1, 0.15) is 33.5 Å². The van der Waals surface area contributed by atoms with Crippen molar-refractivity contribution >= 4 is 44.4 Å². The fourth-order valence-electron chi connectivity index (χ4n) is 6.03. The number of nitrogens with one attached hydrogen (secondary N) is 2. The van der Waals surface area contributed by atoms with Gasteiger partial charge in [0.2, 0.25) is 11.8 Å². The molecule has 0 bridgehead atoms. The maximum atomic E-state index is 14.3. The van der Waals surface area contributed by atoms with E-state index in [1.807, 2.05) is 0 Å². The predicted molar refractivity (Wildman–Crippen MR) is 146 cm³/mol. The summed E-state index contributed by atoms with van der Waals surface area (Å²) in [4.78, 5) is 45.8. The number of carbonyl (C=O) groups is 3. The first kappa shape index (κ1) is 33.0. The average molecular weight is 627 g/mol. The van der Waals surface area contributed by atoms with E-state index in [0.29, 0.717) is 17.3 Å². The summed E-state index contributed by atoms with van der Waals surface area (Å²) >= 11 is 0. The van der Waals surface area contributed by atoms with Crippen LogP contribution >= 0.6 is 0 Å². The van der Waals surface area contributed by atoms with Crippen molar-refractivity contribution in [1.82, 2.24) is 14.8 Å². The van der Waals surface area contributed by atoms with Crippen molar-refractivity contribution < 1.29 is 70.8 Å². The summed E-state index contributed by atoms with van der Waals surface area (Å²) in [6.45, 7) is 3.24. The van der Waals surface area contributed by atoms with Gasteiger partial charge in [-0.2, -0.15) is 0 Å². The quantitative estimate of drug-likeness (QED) is 0.231. The molecule has 0 saturated carbocycles. The van der Waals surface area contributed by atoms with Gasteiger partial charge in [-0.3, -0.25) is 14.4 Å². The average Bonchev–Trinajstić information content (AvgIpc) is 3.60. The minimum absolute atomic E-state index is 0. The zero-order valence-corrected chi connectivity index (χ0v) is 26.7. The molecule has 5 rings (SSSR count). The number of hydrogen-bond acceptors (Lipinski definition) is 7. The molecule has 15 heteroatoms. The van der Waals surface area contributed by atoms with Gasteiger partial charge in [-0.25, -0.2) is 17.2 Å². The number of halogens is 2. The van der Waals surface area contributed by atoms with Crippen molar-refractivity contribution in [3.05, 3.63) is 65.4 Å². The monoisotopic (exact) mass is 626 g/mol. The zero-order chi connectivity index (χ0) is 30.7. The number of fused-ring (bicyclic) bond motifs is 3. The molecule has 1 aromatic heterocycles. The molecule has 2 aliphatic rings. The minimum atomic E-state index is -5.32. The number of likely N-dealkylation sites (N-methyl/N-ethyl adjacent to an activating group) is 1. The molecule has 0 aliphatic carbocycles. The smallest absolute Gasteiger partial charge is 0.746 e. The van der Waals surface area contributed by atoms with E-state index < -0.39 is 62.4 Å². The Hall–Kier alpha value is -2.88. The Bertz CT molecular complexity index is 1720. The van der Waals surface area contributed by atoms with Crippen LogP contribution in [0.5, 0.6) is 0 Å². The first-order valence-corrected chi connectivity index (χ1v) is 14.7. The first-order valence-electron chi connectivity index (χ1n) is 13.2. The molecule has 3 amide bonds. The largest absolute Gasteiger partial charge is 1.00 e. The molecule has 1 fully saturated rings. The molecule has 2 aromatic carbocycles. The van der Waals surface area contributed by atoms with Crippen molar-refractivity contribution in [1.29, 1.82) is 0 Å². The number of para-hydroxylation sites is 1. The fraction of sp³-hybridized carbons (Fsp3) is 0.393. The number of anilines is 1. The fourth-order valence-corrected chi connectivity index (χ4v) is 6.66. The summed E-state index contributed by atoms with van der Waals surface area (Å²) in [7, 11) is -3.99. The zero-order valence-electron chi connectivity index (χ0n) is 23.9. The number of hydrogen-bond donors (Lipinski definition) is 3. The van der Waals surface area contributed by atoms with Crippen molar-refractivity contribution in [2.45, 2.75) is 49.6 Å². The van der Waals surface area contributed by atoms with E-state index in [1.54, 1.807) is 38.1 Å². The van der Waals surface area contributed by atoms with Gasteiger partial charge in [0.25, 0.3) is 5.91 Å². The summed E-state index contributed by atoms with van der Waals surface area (Å²) in [6.07, 6.45) is -0.257. The van der Waals surface area contributed by atoms with E-state index >= 15 is 0 Å². The molecule has 3 N–H and O–H groups in total. The Morgan fingerprint density at radius 2 is 1.88 bits per heavy atom. The number of rotatable bonds is 7. The third-order valence-electron chi connectivity index (χ3n) is 8.08. The van der Waals surface area contributed by atoms with E-state index in [2.05, 4.69) is 10.3 Å². The molecule has 3 aromatic rings. The number of benzene rings is 2. The number of aromatic amines is 1. The number of carbonyl (C=O) groups excluding carboxylic acids is 3. The SMILES string of the molecule is CC(C)C[C@@H](C(=O)N1C[C@]2(C[C@H]1C(O)S(=O)(=O)[O-])C(=O)Nc1ccccc12)N(C)C(=O)c1cc2c(F)cc(F)cc2[nH]1.[Na+]. The van der Waals surface area contributed by atoms with Crippen LogP contribution in [0.4, 0.5) is 14.5 Å². The Morgan fingerprint density at radius 3 is 2.53 bits per heavy atom. The third-order valence-corrected chi connectivity index (χ3v) is 8.99. The number of H-pyrrole nitrogens is 1. The van der Waals surface area contributed by atoms with Crippen LogP contribution in [0.2, 0.25) is 0 Å². The van der Waals surface area contributed by atoms with Gasteiger partial charge in [0.15, 0.2) is 5.44 Å². The van der Waals surface area contributed by atoms with Crippen molar-refractivity contribution in [2.24, 2.45) is 5.92 Å². The van der Waals surface area contributed by atoms with Crippen LogP contribution in [0.3, 0.4) is 0 Å². The van der Waals surface area contributed by atoms with Crippen LogP contribution in [-0.4, -0.2) is 81.7 Å². The van der Waals surface area contributed by atoms with E-state index in [9.17, 15) is 41.2 Å². The minimum Gasteiger partial charge on any atom is -0.746 e. The molecule has 4 atom stereocenters. The number of nitrogens with zero attached hydrogens (tertiary/aromatic N) is 2. The number of likely N-dealkylation sites (tertiary alicyclic amines) is 1. The van der Waals surface area contributed by atoms with Gasteiger partial charge in [-0.05, 0) is 42.5 Å². The predicted octanol–water partition coefficient (Wildman–Crippen LogP) is -0.709. The maximum absolute atomic E-state index is 14.3. The third kappa shape index (κ3) is 5.83. The van der Waals surface area contributed by atoms with Gasteiger partial charge < -0.3 is 29.8 Å². The van der Waals surface area contributed by atoms with Gasteiger partial charge >= 0.3 is 29.6 Å². The second-order valence-corrected chi connectivity index (χ2v) is 12.8. The van der Waals surface area contributed by atoms with Crippen LogP contribution in [0, 0.1) is 17.6 Å². The summed E-state index contributed by atoms with van der Waals surface area (Å²) in [5, 5.41) is 13.3. The Morgan fingerprint density at radius 1 is 1.21 bits per heavy atom. The number of amides is 3. The summed E-state index contributed by atoms with van der Waals surface area (Å²) < 4.78 is 63.9. The van der Waals surface area contributed by atoms with Gasteiger partial charge in [-0.15, -0.1) is 0 Å². The van der Waals surface area contributed by atoms with Crippen molar-refractivity contribution in [3.63, 3.8) is 0 Å². The van der Waals surface area contributed by atoms with E-state index in [1.165, 1.54) is 13.1 Å². The Kier molecular flexibility index (Phi) is 9.14. The summed E-state index contributed by atoms with van der Waals surface area (Å²) in [5.74, 6) is -3.93.